The van der Waals surface area contributed by atoms with Crippen LogP contribution in [0.3, 0.4) is 0 Å². The maximum Gasteiger partial charge on any atom is 0.0771 e. The Balaban J connectivity index is 1.81. The van der Waals surface area contributed by atoms with E-state index in [9.17, 15) is 5.11 Å². The van der Waals surface area contributed by atoms with Crippen molar-refractivity contribution in [1.29, 1.82) is 0 Å². The summed E-state index contributed by atoms with van der Waals surface area (Å²) in [6.07, 6.45) is 4.10. The fourth-order valence-electron chi connectivity index (χ4n) is 2.49. The Morgan fingerprint density at radius 1 is 1.18 bits per heavy atom. The van der Waals surface area contributed by atoms with Crippen LogP contribution in [-0.4, -0.2) is 22.4 Å². The van der Waals surface area contributed by atoms with Crippen LogP contribution in [0.1, 0.15) is 36.8 Å². The van der Waals surface area contributed by atoms with Crippen molar-refractivity contribution in [1.82, 2.24) is 5.32 Å². The Morgan fingerprint density at radius 3 is 2.59 bits per heavy atom. The van der Waals surface area contributed by atoms with Gasteiger partial charge in [-0.1, -0.05) is 37.1 Å². The summed E-state index contributed by atoms with van der Waals surface area (Å²) in [5.74, 6) is 0. The fourth-order valence-corrected chi connectivity index (χ4v) is 2.49. The zero-order valence-electron chi connectivity index (χ0n) is 10.2. The van der Waals surface area contributed by atoms with E-state index in [2.05, 4.69) is 5.32 Å². The summed E-state index contributed by atoms with van der Waals surface area (Å²) in [6.45, 7) is 1.49. The van der Waals surface area contributed by atoms with Gasteiger partial charge in [-0.15, -0.1) is 0 Å². The van der Waals surface area contributed by atoms with Gasteiger partial charge < -0.3 is 15.5 Å². The van der Waals surface area contributed by atoms with Crippen LogP contribution in [0.4, 0.5) is 0 Å². The van der Waals surface area contributed by atoms with Crippen LogP contribution in [0.2, 0.25) is 0 Å². The maximum atomic E-state index is 10.2. The number of nitrogens with one attached hydrogen (secondary N) is 1. The maximum absolute atomic E-state index is 10.2. The monoisotopic (exact) mass is 235 g/mol. The lowest BCUT2D eigenvalue weighted by atomic mass is 10.0. The van der Waals surface area contributed by atoms with Crippen LogP contribution in [-0.2, 0) is 13.2 Å². The average molecular weight is 235 g/mol. The molecule has 0 bridgehead atoms. The molecular weight excluding hydrogens is 214 g/mol. The third-order valence-electron chi connectivity index (χ3n) is 3.49. The summed E-state index contributed by atoms with van der Waals surface area (Å²) in [5, 5.41) is 22.5. The number of benzene rings is 1. The highest BCUT2D eigenvalue weighted by Gasteiger charge is 2.30. The molecule has 0 spiro atoms. The molecule has 0 heterocycles. The first-order valence-electron chi connectivity index (χ1n) is 6.34. The van der Waals surface area contributed by atoms with E-state index >= 15 is 0 Å². The quantitative estimate of drug-likeness (QED) is 0.726. The van der Waals surface area contributed by atoms with Crippen molar-refractivity contribution in [2.45, 2.75) is 44.4 Å². The third-order valence-corrected chi connectivity index (χ3v) is 3.49. The molecule has 0 saturated heterocycles. The van der Waals surface area contributed by atoms with E-state index in [1.807, 2.05) is 24.3 Å². The van der Waals surface area contributed by atoms with E-state index in [1.165, 1.54) is 0 Å². The number of rotatable bonds is 5. The molecule has 17 heavy (non-hydrogen) atoms. The van der Waals surface area contributed by atoms with E-state index in [-0.39, 0.29) is 6.61 Å². The molecule has 1 aromatic rings. The van der Waals surface area contributed by atoms with Crippen LogP contribution >= 0.6 is 0 Å². The average Bonchev–Trinajstić information content (AvgIpc) is 2.77. The topological polar surface area (TPSA) is 52.5 Å². The second kappa shape index (κ2) is 5.63. The molecule has 0 atom stereocenters. The van der Waals surface area contributed by atoms with Gasteiger partial charge in [-0.25, -0.2) is 0 Å². The van der Waals surface area contributed by atoms with Crippen molar-refractivity contribution in [3.63, 3.8) is 0 Å². The number of aliphatic hydroxyl groups is 2. The molecule has 0 amide bonds. The molecule has 1 aliphatic rings. The van der Waals surface area contributed by atoms with Gasteiger partial charge in [-0.3, -0.25) is 0 Å². The van der Waals surface area contributed by atoms with Gasteiger partial charge in [0.1, 0.15) is 0 Å². The predicted octanol–water partition coefficient (Wildman–Crippen LogP) is 1.57. The van der Waals surface area contributed by atoms with Crippen molar-refractivity contribution < 1.29 is 10.2 Å². The van der Waals surface area contributed by atoms with E-state index < -0.39 is 5.60 Å². The molecule has 1 aliphatic carbocycles. The molecule has 2 rings (SSSR count). The fraction of sp³-hybridized carbons (Fsp3) is 0.571. The lowest BCUT2D eigenvalue weighted by Crippen LogP contribution is -2.37. The molecule has 0 aromatic heterocycles. The molecule has 94 valence electrons. The minimum Gasteiger partial charge on any atom is -0.392 e. The summed E-state index contributed by atoms with van der Waals surface area (Å²) in [7, 11) is 0. The van der Waals surface area contributed by atoms with Crippen molar-refractivity contribution in [2.24, 2.45) is 0 Å². The first-order chi connectivity index (χ1) is 8.22. The number of aliphatic hydroxyl groups excluding tert-OH is 1. The normalized spacial score (nSPS) is 18.5. The minimum absolute atomic E-state index is 0.0811. The largest absolute Gasteiger partial charge is 0.392 e. The molecule has 0 unspecified atom stereocenters. The van der Waals surface area contributed by atoms with Crippen molar-refractivity contribution in [2.75, 3.05) is 6.54 Å². The van der Waals surface area contributed by atoms with E-state index in [4.69, 9.17) is 5.11 Å². The highest BCUT2D eigenvalue weighted by atomic mass is 16.3. The Hall–Kier alpha value is -0.900. The van der Waals surface area contributed by atoms with Crippen LogP contribution in [0, 0.1) is 0 Å². The Bertz CT molecular complexity index is 359. The second-order valence-electron chi connectivity index (χ2n) is 5.01. The van der Waals surface area contributed by atoms with Gasteiger partial charge in [0.15, 0.2) is 0 Å². The summed E-state index contributed by atoms with van der Waals surface area (Å²) >= 11 is 0. The Labute approximate surface area is 102 Å². The van der Waals surface area contributed by atoms with E-state index in [0.717, 1.165) is 43.4 Å². The molecule has 0 aliphatic heterocycles. The predicted molar refractivity (Wildman–Crippen MR) is 67.5 cm³/mol. The summed E-state index contributed by atoms with van der Waals surface area (Å²) in [6, 6.07) is 7.89. The van der Waals surface area contributed by atoms with Crippen LogP contribution in [0.25, 0.3) is 0 Å². The van der Waals surface area contributed by atoms with Crippen molar-refractivity contribution in [3.8, 4) is 0 Å². The van der Waals surface area contributed by atoms with Gasteiger partial charge in [0.2, 0.25) is 0 Å². The molecule has 3 heteroatoms. The SMILES string of the molecule is OCc1cccc(CNCC2(O)CCCC2)c1. The van der Waals surface area contributed by atoms with Gasteiger partial charge in [0.05, 0.1) is 12.2 Å². The molecular formula is C14H21NO2. The third kappa shape index (κ3) is 3.53. The highest BCUT2D eigenvalue weighted by molar-refractivity contribution is 5.22. The molecule has 3 nitrogen and oxygen atoms in total. The number of hydrogen-bond acceptors (Lipinski definition) is 3. The molecule has 1 aromatic carbocycles. The van der Waals surface area contributed by atoms with Crippen molar-refractivity contribution in [3.05, 3.63) is 35.4 Å². The van der Waals surface area contributed by atoms with Crippen LogP contribution in [0.15, 0.2) is 24.3 Å². The molecule has 1 fully saturated rings. The highest BCUT2D eigenvalue weighted by Crippen LogP contribution is 2.28. The Morgan fingerprint density at radius 2 is 1.88 bits per heavy atom. The smallest absolute Gasteiger partial charge is 0.0771 e. The zero-order valence-corrected chi connectivity index (χ0v) is 10.2. The van der Waals surface area contributed by atoms with Gasteiger partial charge in [-0.2, -0.15) is 0 Å². The van der Waals surface area contributed by atoms with Gasteiger partial charge in [0, 0.05) is 13.1 Å². The summed E-state index contributed by atoms with van der Waals surface area (Å²) in [4.78, 5) is 0. The van der Waals surface area contributed by atoms with Gasteiger partial charge >= 0.3 is 0 Å². The zero-order chi connectivity index (χ0) is 12.1. The van der Waals surface area contributed by atoms with Crippen LogP contribution < -0.4 is 5.32 Å². The standard InChI is InChI=1S/C14H21NO2/c16-10-13-5-3-4-12(8-13)9-15-11-14(17)6-1-2-7-14/h3-5,8,15-17H,1-2,6-7,9-11H2. The molecule has 0 radical (unpaired) electrons. The second-order valence-corrected chi connectivity index (χ2v) is 5.01. The minimum atomic E-state index is -0.491. The Kier molecular flexibility index (Phi) is 4.15. The summed E-state index contributed by atoms with van der Waals surface area (Å²) in [5.41, 5.74) is 1.59. The first-order valence-corrected chi connectivity index (χ1v) is 6.34. The lowest BCUT2D eigenvalue weighted by molar-refractivity contribution is 0.0475. The van der Waals surface area contributed by atoms with E-state index in [0.29, 0.717) is 6.54 Å². The lowest BCUT2D eigenvalue weighted by Gasteiger charge is -2.22. The number of hydrogen-bond donors (Lipinski definition) is 3. The summed E-state index contributed by atoms with van der Waals surface area (Å²) < 4.78 is 0. The van der Waals surface area contributed by atoms with E-state index in [1.54, 1.807) is 0 Å². The molecule has 3 N–H and O–H groups in total. The molecule has 1 saturated carbocycles. The van der Waals surface area contributed by atoms with Crippen LogP contribution in [0.5, 0.6) is 0 Å². The van der Waals surface area contributed by atoms with Gasteiger partial charge in [-0.05, 0) is 24.0 Å². The van der Waals surface area contributed by atoms with Crippen molar-refractivity contribution >= 4 is 0 Å². The first kappa shape index (κ1) is 12.6. The van der Waals surface area contributed by atoms with Gasteiger partial charge in [0.25, 0.3) is 0 Å².